The quantitative estimate of drug-likeness (QED) is 0.709. The molecule has 0 spiro atoms. The summed E-state index contributed by atoms with van der Waals surface area (Å²) in [6.07, 6.45) is 2.27. The normalized spacial score (nSPS) is 21.5. The molecule has 0 radical (unpaired) electrons. The highest BCUT2D eigenvalue weighted by atomic mass is 15.1. The third-order valence-corrected chi connectivity index (χ3v) is 3.11. The van der Waals surface area contributed by atoms with E-state index in [1.807, 2.05) is 0 Å². The van der Waals surface area contributed by atoms with Crippen LogP contribution in [0, 0.1) is 6.92 Å². The fourth-order valence-electron chi connectivity index (χ4n) is 2.46. The van der Waals surface area contributed by atoms with E-state index in [0.29, 0.717) is 0 Å². The number of hydrogen-bond acceptors (Lipinski definition) is 2. The Bertz CT molecular complexity index is 371. The van der Waals surface area contributed by atoms with Gasteiger partial charge in [0.05, 0.1) is 11.4 Å². The Kier molecular flexibility index (Phi) is 2.38. The van der Waals surface area contributed by atoms with Gasteiger partial charge in [-0.2, -0.15) is 0 Å². The summed E-state index contributed by atoms with van der Waals surface area (Å²) >= 11 is 0. The van der Waals surface area contributed by atoms with Crippen molar-refractivity contribution in [2.24, 2.45) is 5.73 Å². The molecule has 0 fully saturated rings. The first kappa shape index (κ1) is 10.7. The first-order chi connectivity index (χ1) is 6.91. The molecule has 1 aromatic rings. The van der Waals surface area contributed by atoms with Crippen LogP contribution in [0.1, 0.15) is 56.9 Å². The summed E-state index contributed by atoms with van der Waals surface area (Å²) in [4.78, 5) is 4.70. The second kappa shape index (κ2) is 3.34. The van der Waals surface area contributed by atoms with Gasteiger partial charge in [-0.1, -0.05) is 20.8 Å². The summed E-state index contributed by atoms with van der Waals surface area (Å²) in [6.45, 7) is 9.79. The van der Waals surface area contributed by atoms with E-state index in [4.69, 9.17) is 10.7 Å². The fourth-order valence-corrected chi connectivity index (χ4v) is 2.46. The van der Waals surface area contributed by atoms with Gasteiger partial charge >= 0.3 is 0 Å². The van der Waals surface area contributed by atoms with Crippen LogP contribution in [0.3, 0.4) is 0 Å². The zero-order valence-corrected chi connectivity index (χ0v) is 10.2. The molecule has 3 nitrogen and oxygen atoms in total. The Morgan fingerprint density at radius 1 is 1.40 bits per heavy atom. The van der Waals surface area contributed by atoms with Crippen molar-refractivity contribution in [1.82, 2.24) is 9.55 Å². The van der Waals surface area contributed by atoms with E-state index in [0.717, 1.165) is 18.7 Å². The van der Waals surface area contributed by atoms with Crippen LogP contribution in [0.25, 0.3) is 0 Å². The first-order valence-corrected chi connectivity index (χ1v) is 5.74. The highest BCUT2D eigenvalue weighted by Gasteiger charge is 2.28. The monoisotopic (exact) mass is 207 g/mol. The van der Waals surface area contributed by atoms with Crippen molar-refractivity contribution in [2.45, 2.75) is 58.5 Å². The van der Waals surface area contributed by atoms with Crippen molar-refractivity contribution in [3.05, 3.63) is 17.2 Å². The number of fused-ring (bicyclic) bond motifs is 1. The van der Waals surface area contributed by atoms with Gasteiger partial charge in [0, 0.05) is 18.0 Å². The lowest BCUT2D eigenvalue weighted by atomic mass is 9.95. The number of aromatic nitrogens is 2. The lowest BCUT2D eigenvalue weighted by Gasteiger charge is -2.26. The number of hydrogen-bond donors (Lipinski definition) is 1. The zero-order chi connectivity index (χ0) is 11.2. The van der Waals surface area contributed by atoms with Gasteiger partial charge in [-0.05, 0) is 19.8 Å². The van der Waals surface area contributed by atoms with Gasteiger partial charge in [0.1, 0.15) is 5.82 Å². The minimum atomic E-state index is 0.111. The molecule has 1 unspecified atom stereocenters. The lowest BCUT2D eigenvalue weighted by Crippen LogP contribution is -2.26. The van der Waals surface area contributed by atoms with E-state index >= 15 is 0 Å². The minimum Gasteiger partial charge on any atom is -0.330 e. The van der Waals surface area contributed by atoms with E-state index in [1.165, 1.54) is 17.9 Å². The highest BCUT2D eigenvalue weighted by molar-refractivity contribution is 5.24. The molecule has 2 N–H and O–H groups in total. The van der Waals surface area contributed by atoms with Gasteiger partial charge in [-0.25, -0.2) is 4.98 Å². The predicted octanol–water partition coefficient (Wildman–Crippen LogP) is 2.28. The third-order valence-electron chi connectivity index (χ3n) is 3.11. The average molecular weight is 207 g/mol. The number of imidazole rings is 1. The van der Waals surface area contributed by atoms with Crippen LogP contribution in [-0.4, -0.2) is 9.55 Å². The van der Waals surface area contributed by atoms with Crippen LogP contribution in [0.2, 0.25) is 0 Å². The summed E-state index contributed by atoms with van der Waals surface area (Å²) in [5.74, 6) is 1.19. The van der Waals surface area contributed by atoms with Crippen molar-refractivity contribution in [3.8, 4) is 0 Å². The van der Waals surface area contributed by atoms with Crippen LogP contribution < -0.4 is 5.73 Å². The molecule has 0 saturated carbocycles. The number of aryl methyl sites for hydroxylation is 1. The van der Waals surface area contributed by atoms with Crippen molar-refractivity contribution in [3.63, 3.8) is 0 Å². The smallest absolute Gasteiger partial charge is 0.114 e. The van der Waals surface area contributed by atoms with Crippen LogP contribution in [0.15, 0.2) is 0 Å². The Morgan fingerprint density at radius 2 is 2.07 bits per heavy atom. The van der Waals surface area contributed by atoms with Crippen molar-refractivity contribution in [1.29, 1.82) is 0 Å². The summed E-state index contributed by atoms with van der Waals surface area (Å²) in [7, 11) is 0. The van der Waals surface area contributed by atoms with Crippen LogP contribution >= 0.6 is 0 Å². The summed E-state index contributed by atoms with van der Waals surface area (Å²) in [5, 5.41) is 0. The molecule has 0 aliphatic carbocycles. The van der Waals surface area contributed by atoms with Gasteiger partial charge in [0.15, 0.2) is 0 Å². The number of nitrogens with zero attached hydrogens (tertiary/aromatic N) is 2. The maximum Gasteiger partial charge on any atom is 0.114 e. The van der Waals surface area contributed by atoms with E-state index in [1.54, 1.807) is 0 Å². The molecule has 0 amide bonds. The molecule has 1 atom stereocenters. The summed E-state index contributed by atoms with van der Waals surface area (Å²) in [5.41, 5.74) is 8.63. The van der Waals surface area contributed by atoms with Crippen molar-refractivity contribution in [2.75, 3.05) is 0 Å². The molecule has 0 saturated heterocycles. The lowest BCUT2D eigenvalue weighted by molar-refractivity contribution is 0.418. The number of rotatable bonds is 0. The Labute approximate surface area is 91.7 Å². The summed E-state index contributed by atoms with van der Waals surface area (Å²) in [6, 6.07) is 0.183. The van der Waals surface area contributed by atoms with Crippen molar-refractivity contribution < 1.29 is 0 Å². The molecule has 1 aliphatic heterocycles. The molecule has 0 bridgehead atoms. The maximum atomic E-state index is 6.14. The van der Waals surface area contributed by atoms with E-state index in [2.05, 4.69) is 32.3 Å². The Hall–Kier alpha value is -0.830. The van der Waals surface area contributed by atoms with Gasteiger partial charge < -0.3 is 10.3 Å². The van der Waals surface area contributed by atoms with Crippen LogP contribution in [0.5, 0.6) is 0 Å². The Morgan fingerprint density at radius 3 is 2.67 bits per heavy atom. The standard InChI is InChI=1S/C12H21N3/c1-8-10-9(13)6-5-7-15(10)11(14-8)12(2,3)4/h9H,5-7,13H2,1-4H3. The first-order valence-electron chi connectivity index (χ1n) is 5.74. The van der Waals surface area contributed by atoms with Crippen LogP contribution in [-0.2, 0) is 12.0 Å². The summed E-state index contributed by atoms with van der Waals surface area (Å²) < 4.78 is 2.34. The molecule has 1 aliphatic rings. The topological polar surface area (TPSA) is 43.8 Å². The predicted molar refractivity (Wildman–Crippen MR) is 61.8 cm³/mol. The van der Waals surface area contributed by atoms with Crippen molar-refractivity contribution >= 4 is 0 Å². The molecule has 2 heterocycles. The van der Waals surface area contributed by atoms with Gasteiger partial charge in [-0.3, -0.25) is 0 Å². The minimum absolute atomic E-state index is 0.111. The molecule has 3 heteroatoms. The molecule has 84 valence electrons. The third kappa shape index (κ3) is 1.69. The molecule has 2 rings (SSSR count). The van der Waals surface area contributed by atoms with E-state index < -0.39 is 0 Å². The molecular formula is C12H21N3. The van der Waals surface area contributed by atoms with Gasteiger partial charge in [-0.15, -0.1) is 0 Å². The fraction of sp³-hybridized carbons (Fsp3) is 0.750. The molecule has 1 aromatic heterocycles. The van der Waals surface area contributed by atoms with Gasteiger partial charge in [0.25, 0.3) is 0 Å². The second-order valence-electron chi connectivity index (χ2n) is 5.56. The molecule has 15 heavy (non-hydrogen) atoms. The number of nitrogens with two attached hydrogens (primary N) is 1. The highest BCUT2D eigenvalue weighted by Crippen LogP contribution is 2.31. The van der Waals surface area contributed by atoms with E-state index in [-0.39, 0.29) is 11.5 Å². The average Bonchev–Trinajstić information content (AvgIpc) is 2.44. The van der Waals surface area contributed by atoms with E-state index in [9.17, 15) is 0 Å². The Balaban J connectivity index is 2.56. The van der Waals surface area contributed by atoms with Crippen LogP contribution in [0.4, 0.5) is 0 Å². The molecule has 0 aromatic carbocycles. The zero-order valence-electron chi connectivity index (χ0n) is 10.2. The SMILES string of the molecule is Cc1nc(C(C)(C)C)n2c1C(N)CCC2. The second-order valence-corrected chi connectivity index (χ2v) is 5.56. The van der Waals surface area contributed by atoms with Gasteiger partial charge in [0.2, 0.25) is 0 Å². The largest absolute Gasteiger partial charge is 0.330 e. The molecular weight excluding hydrogens is 186 g/mol. The maximum absolute atomic E-state index is 6.14.